The normalized spacial score (nSPS) is 23.1. The number of aromatic amines is 1. The molecule has 96 valence electrons. The molecule has 0 radical (unpaired) electrons. The van der Waals surface area contributed by atoms with Gasteiger partial charge in [-0.25, -0.2) is 8.42 Å². The molecule has 2 heterocycles. The van der Waals surface area contributed by atoms with Gasteiger partial charge in [-0.1, -0.05) is 0 Å². The lowest BCUT2D eigenvalue weighted by Crippen LogP contribution is -2.30. The molecule has 1 aromatic heterocycles. The SMILES string of the molecule is Cc1n[nH]c(C)c1CNCC1CCCS1(=O)=O. The maximum absolute atomic E-state index is 11.6. The molecule has 0 bridgehead atoms. The van der Waals surface area contributed by atoms with Crippen molar-refractivity contribution in [3.05, 3.63) is 17.0 Å². The van der Waals surface area contributed by atoms with E-state index in [1.807, 2.05) is 13.8 Å². The van der Waals surface area contributed by atoms with Gasteiger partial charge in [-0.3, -0.25) is 5.10 Å². The van der Waals surface area contributed by atoms with E-state index in [-0.39, 0.29) is 5.25 Å². The Hall–Kier alpha value is -0.880. The van der Waals surface area contributed by atoms with E-state index in [1.54, 1.807) is 0 Å². The highest BCUT2D eigenvalue weighted by atomic mass is 32.2. The van der Waals surface area contributed by atoms with Gasteiger partial charge in [-0.2, -0.15) is 5.10 Å². The fourth-order valence-corrected chi connectivity index (χ4v) is 4.08. The van der Waals surface area contributed by atoms with Crippen molar-refractivity contribution >= 4 is 9.84 Å². The highest BCUT2D eigenvalue weighted by Crippen LogP contribution is 2.19. The van der Waals surface area contributed by atoms with Crippen LogP contribution >= 0.6 is 0 Å². The number of aryl methyl sites for hydroxylation is 2. The Morgan fingerprint density at radius 2 is 2.24 bits per heavy atom. The number of sulfone groups is 1. The van der Waals surface area contributed by atoms with Crippen molar-refractivity contribution < 1.29 is 8.42 Å². The second-order valence-electron chi connectivity index (χ2n) is 4.67. The third-order valence-electron chi connectivity index (χ3n) is 3.42. The summed E-state index contributed by atoms with van der Waals surface area (Å²) in [4.78, 5) is 0. The van der Waals surface area contributed by atoms with Gasteiger partial charge in [0.25, 0.3) is 0 Å². The molecule has 0 saturated carbocycles. The van der Waals surface area contributed by atoms with Crippen LogP contribution in [-0.2, 0) is 16.4 Å². The van der Waals surface area contributed by atoms with Crippen LogP contribution in [0.3, 0.4) is 0 Å². The maximum Gasteiger partial charge on any atom is 0.154 e. The summed E-state index contributed by atoms with van der Waals surface area (Å²) in [5.74, 6) is 0.350. The number of nitrogens with one attached hydrogen (secondary N) is 2. The molecule has 5 nitrogen and oxygen atoms in total. The lowest BCUT2D eigenvalue weighted by atomic mass is 10.2. The molecule has 1 aliphatic rings. The minimum Gasteiger partial charge on any atom is -0.311 e. The second-order valence-corrected chi connectivity index (χ2v) is 7.08. The largest absolute Gasteiger partial charge is 0.311 e. The molecule has 1 unspecified atom stereocenters. The van der Waals surface area contributed by atoms with Gasteiger partial charge in [0.15, 0.2) is 9.84 Å². The average molecular weight is 257 g/mol. The van der Waals surface area contributed by atoms with Gasteiger partial charge < -0.3 is 5.32 Å². The van der Waals surface area contributed by atoms with Crippen LogP contribution in [-0.4, -0.2) is 36.2 Å². The summed E-state index contributed by atoms with van der Waals surface area (Å²) < 4.78 is 23.3. The summed E-state index contributed by atoms with van der Waals surface area (Å²) in [6.45, 7) is 5.16. The molecule has 0 aliphatic carbocycles. The van der Waals surface area contributed by atoms with Gasteiger partial charge in [-0.15, -0.1) is 0 Å². The van der Waals surface area contributed by atoms with Crippen LogP contribution in [0.2, 0.25) is 0 Å². The molecule has 17 heavy (non-hydrogen) atoms. The number of hydrogen-bond donors (Lipinski definition) is 2. The minimum atomic E-state index is -2.83. The van der Waals surface area contributed by atoms with Crippen LogP contribution < -0.4 is 5.32 Å². The third-order valence-corrected chi connectivity index (χ3v) is 5.69. The third kappa shape index (κ3) is 2.69. The van der Waals surface area contributed by atoms with Crippen molar-refractivity contribution in [2.45, 2.75) is 38.5 Å². The van der Waals surface area contributed by atoms with E-state index in [0.717, 1.165) is 29.8 Å². The summed E-state index contributed by atoms with van der Waals surface area (Å²) >= 11 is 0. The molecule has 0 spiro atoms. The summed E-state index contributed by atoms with van der Waals surface area (Å²) in [5, 5.41) is 10.1. The van der Waals surface area contributed by atoms with E-state index in [4.69, 9.17) is 0 Å². The molecular weight excluding hydrogens is 238 g/mol. The average Bonchev–Trinajstić information content (AvgIpc) is 2.74. The van der Waals surface area contributed by atoms with Crippen LogP contribution in [0, 0.1) is 13.8 Å². The maximum atomic E-state index is 11.6. The van der Waals surface area contributed by atoms with Crippen molar-refractivity contribution in [1.29, 1.82) is 0 Å². The molecule has 1 aromatic rings. The Morgan fingerprint density at radius 1 is 1.47 bits per heavy atom. The van der Waals surface area contributed by atoms with E-state index in [9.17, 15) is 8.42 Å². The van der Waals surface area contributed by atoms with Crippen LogP contribution in [0.4, 0.5) is 0 Å². The number of aromatic nitrogens is 2. The van der Waals surface area contributed by atoms with Crippen LogP contribution in [0.1, 0.15) is 29.8 Å². The fourth-order valence-electron chi connectivity index (χ4n) is 2.28. The Morgan fingerprint density at radius 3 is 2.76 bits per heavy atom. The molecule has 1 aliphatic heterocycles. The Balaban J connectivity index is 1.88. The fraction of sp³-hybridized carbons (Fsp3) is 0.727. The van der Waals surface area contributed by atoms with Gasteiger partial charge >= 0.3 is 0 Å². The minimum absolute atomic E-state index is 0.199. The van der Waals surface area contributed by atoms with Crippen molar-refractivity contribution in [3.63, 3.8) is 0 Å². The number of rotatable bonds is 4. The zero-order valence-corrected chi connectivity index (χ0v) is 11.1. The predicted octanol–water partition coefficient (Wildman–Crippen LogP) is 0.693. The first-order valence-corrected chi connectivity index (χ1v) is 7.65. The molecule has 1 saturated heterocycles. The lowest BCUT2D eigenvalue weighted by Gasteiger charge is -2.10. The van der Waals surface area contributed by atoms with Crippen LogP contribution in [0.25, 0.3) is 0 Å². The van der Waals surface area contributed by atoms with Gasteiger partial charge in [-0.05, 0) is 26.7 Å². The standard InChI is InChI=1S/C11H19N3O2S/c1-8-11(9(2)14-13-8)7-12-6-10-4-3-5-17(10,15)16/h10,12H,3-7H2,1-2H3,(H,13,14). The summed E-state index contributed by atoms with van der Waals surface area (Å²) in [5.41, 5.74) is 3.16. The molecule has 6 heteroatoms. The summed E-state index contributed by atoms with van der Waals surface area (Å²) in [6, 6.07) is 0. The van der Waals surface area contributed by atoms with Crippen molar-refractivity contribution in [2.75, 3.05) is 12.3 Å². The molecule has 1 fully saturated rings. The number of H-pyrrole nitrogens is 1. The first-order chi connectivity index (χ1) is 8.00. The predicted molar refractivity (Wildman–Crippen MR) is 66.6 cm³/mol. The zero-order valence-electron chi connectivity index (χ0n) is 10.3. The quantitative estimate of drug-likeness (QED) is 0.832. The Bertz CT molecular complexity index is 473. The van der Waals surface area contributed by atoms with E-state index in [2.05, 4.69) is 15.5 Å². The smallest absolute Gasteiger partial charge is 0.154 e. The molecule has 2 N–H and O–H groups in total. The van der Waals surface area contributed by atoms with Crippen molar-refractivity contribution in [2.24, 2.45) is 0 Å². The van der Waals surface area contributed by atoms with Gasteiger partial charge in [0, 0.05) is 24.3 Å². The van der Waals surface area contributed by atoms with E-state index in [1.165, 1.54) is 0 Å². The highest BCUT2D eigenvalue weighted by molar-refractivity contribution is 7.92. The van der Waals surface area contributed by atoms with E-state index < -0.39 is 9.84 Å². The molecule has 1 atom stereocenters. The molecule has 2 rings (SSSR count). The zero-order chi connectivity index (χ0) is 12.5. The first-order valence-electron chi connectivity index (χ1n) is 5.93. The molecular formula is C11H19N3O2S. The van der Waals surface area contributed by atoms with Crippen molar-refractivity contribution in [1.82, 2.24) is 15.5 Å². The molecule has 0 aromatic carbocycles. The van der Waals surface area contributed by atoms with Gasteiger partial charge in [0.1, 0.15) is 0 Å². The number of nitrogens with zero attached hydrogens (tertiary/aromatic N) is 1. The Kier molecular flexibility index (Phi) is 3.53. The number of hydrogen-bond acceptors (Lipinski definition) is 4. The summed E-state index contributed by atoms with van der Waals surface area (Å²) in [6.07, 6.45) is 1.59. The van der Waals surface area contributed by atoms with Crippen LogP contribution in [0.5, 0.6) is 0 Å². The van der Waals surface area contributed by atoms with Crippen molar-refractivity contribution in [3.8, 4) is 0 Å². The lowest BCUT2D eigenvalue weighted by molar-refractivity contribution is 0.573. The van der Waals surface area contributed by atoms with Gasteiger partial charge in [0.2, 0.25) is 0 Å². The summed E-state index contributed by atoms with van der Waals surface area (Å²) in [7, 11) is -2.83. The first kappa shape index (κ1) is 12.6. The topological polar surface area (TPSA) is 74.8 Å². The van der Waals surface area contributed by atoms with Crippen LogP contribution in [0.15, 0.2) is 0 Å². The van der Waals surface area contributed by atoms with E-state index in [0.29, 0.717) is 18.8 Å². The van der Waals surface area contributed by atoms with E-state index >= 15 is 0 Å². The van der Waals surface area contributed by atoms with Gasteiger partial charge in [0.05, 0.1) is 16.7 Å². The second kappa shape index (κ2) is 4.78. The highest BCUT2D eigenvalue weighted by Gasteiger charge is 2.30. The monoisotopic (exact) mass is 257 g/mol. The Labute approximate surface area is 102 Å². The molecule has 0 amide bonds.